The third kappa shape index (κ3) is 4.09. The van der Waals surface area contributed by atoms with Crippen molar-refractivity contribution in [2.45, 2.75) is 13.5 Å². The fourth-order valence-corrected chi connectivity index (χ4v) is 3.57. The molecule has 134 valence electrons. The predicted molar refractivity (Wildman–Crippen MR) is 99.7 cm³/mol. The fraction of sp³-hybridized carbons (Fsp3) is 0.176. The van der Waals surface area contributed by atoms with Crippen LogP contribution in [0, 0.1) is 6.92 Å². The summed E-state index contributed by atoms with van der Waals surface area (Å²) in [5.74, 6) is 0.713. The number of methoxy groups -OCH3 is 1. The van der Waals surface area contributed by atoms with E-state index in [1.165, 1.54) is 11.3 Å². The number of nitrogens with one attached hydrogen (secondary N) is 1. The molecule has 3 aromatic rings. The van der Waals surface area contributed by atoms with Gasteiger partial charge in [-0.3, -0.25) is 0 Å². The number of amides is 1. The highest BCUT2D eigenvalue weighted by molar-refractivity contribution is 7.15. The van der Waals surface area contributed by atoms with Gasteiger partial charge in [-0.25, -0.2) is 19.7 Å². The summed E-state index contributed by atoms with van der Waals surface area (Å²) in [7, 11) is 1.60. The van der Waals surface area contributed by atoms with Gasteiger partial charge in [0.05, 0.1) is 29.9 Å². The van der Waals surface area contributed by atoms with Crippen molar-refractivity contribution >= 4 is 29.0 Å². The summed E-state index contributed by atoms with van der Waals surface area (Å²) >= 11 is 7.28. The topological polar surface area (TPSA) is 97.2 Å². The summed E-state index contributed by atoms with van der Waals surface area (Å²) < 4.78 is 5.35. The molecule has 0 bridgehead atoms. The summed E-state index contributed by atoms with van der Waals surface area (Å²) in [6.07, 6.45) is 0.464. The summed E-state index contributed by atoms with van der Waals surface area (Å²) in [6.45, 7) is 2.07. The molecule has 3 rings (SSSR count). The molecular weight excluding hydrogens is 376 g/mol. The smallest absolute Gasteiger partial charge is 0.405 e. The number of halogens is 1. The molecule has 0 fully saturated rings. The Labute approximate surface area is 158 Å². The summed E-state index contributed by atoms with van der Waals surface area (Å²) in [4.78, 5) is 24.3. The Morgan fingerprint density at radius 2 is 2.15 bits per heavy atom. The van der Waals surface area contributed by atoms with E-state index in [9.17, 15) is 4.79 Å². The lowest BCUT2D eigenvalue weighted by atomic mass is 10.1. The van der Waals surface area contributed by atoms with E-state index in [1.54, 1.807) is 19.4 Å². The van der Waals surface area contributed by atoms with Gasteiger partial charge < -0.3 is 15.2 Å². The first-order valence-electron chi connectivity index (χ1n) is 7.57. The van der Waals surface area contributed by atoms with Crippen LogP contribution < -0.4 is 10.1 Å². The van der Waals surface area contributed by atoms with Crippen LogP contribution in [-0.4, -0.2) is 33.3 Å². The molecule has 1 amide bonds. The second-order valence-electron chi connectivity index (χ2n) is 5.39. The van der Waals surface area contributed by atoms with Gasteiger partial charge in [-0.2, -0.15) is 0 Å². The van der Waals surface area contributed by atoms with Crippen LogP contribution in [0.5, 0.6) is 5.75 Å². The summed E-state index contributed by atoms with van der Waals surface area (Å²) in [6, 6.07) is 7.52. The molecule has 7 nitrogen and oxygen atoms in total. The number of nitrogens with zero attached hydrogens (tertiary/aromatic N) is 3. The van der Waals surface area contributed by atoms with Crippen molar-refractivity contribution in [1.82, 2.24) is 20.3 Å². The number of hydrogen-bond acceptors (Lipinski definition) is 6. The van der Waals surface area contributed by atoms with Crippen molar-refractivity contribution in [3.8, 4) is 27.6 Å². The van der Waals surface area contributed by atoms with Crippen LogP contribution in [0.15, 0.2) is 30.5 Å². The van der Waals surface area contributed by atoms with Gasteiger partial charge in [0.25, 0.3) is 0 Å². The van der Waals surface area contributed by atoms with Crippen LogP contribution in [0.2, 0.25) is 5.28 Å². The first-order valence-corrected chi connectivity index (χ1v) is 8.77. The lowest BCUT2D eigenvalue weighted by molar-refractivity contribution is 0.194. The minimum absolute atomic E-state index is 0.106. The summed E-state index contributed by atoms with van der Waals surface area (Å²) in [5, 5.41) is 11.9. The molecule has 0 spiro atoms. The van der Waals surface area contributed by atoms with E-state index in [0.29, 0.717) is 22.1 Å². The minimum atomic E-state index is -1.11. The highest BCUT2D eigenvalue weighted by Crippen LogP contribution is 2.37. The van der Waals surface area contributed by atoms with Gasteiger partial charge in [0.2, 0.25) is 5.28 Å². The molecule has 0 unspecified atom stereocenters. The van der Waals surface area contributed by atoms with Crippen LogP contribution in [0.4, 0.5) is 4.79 Å². The van der Waals surface area contributed by atoms with Crippen molar-refractivity contribution in [3.63, 3.8) is 0 Å². The third-order valence-electron chi connectivity index (χ3n) is 3.48. The maximum atomic E-state index is 10.8. The standard InChI is InChI=1S/C17H15ClN4O3S/c1-9-5-10(7-11(6-9)25-2)14-15(12-3-4-19-16(18)21-12)26-13(22-14)8-20-17(23)24/h3-7,20H,8H2,1-2H3,(H,23,24). The first kappa shape index (κ1) is 18.1. The zero-order chi connectivity index (χ0) is 18.7. The molecule has 9 heteroatoms. The van der Waals surface area contributed by atoms with Crippen LogP contribution >= 0.6 is 22.9 Å². The molecular formula is C17H15ClN4O3S. The highest BCUT2D eigenvalue weighted by Gasteiger charge is 2.18. The Hall–Kier alpha value is -2.71. The minimum Gasteiger partial charge on any atom is -0.497 e. The number of rotatable bonds is 5. The second kappa shape index (κ2) is 7.67. The van der Waals surface area contributed by atoms with E-state index < -0.39 is 6.09 Å². The largest absolute Gasteiger partial charge is 0.497 e. The Morgan fingerprint density at radius 3 is 2.85 bits per heavy atom. The number of benzene rings is 1. The zero-order valence-electron chi connectivity index (χ0n) is 14.0. The van der Waals surface area contributed by atoms with Crippen molar-refractivity contribution in [2.24, 2.45) is 0 Å². The average molecular weight is 391 g/mol. The monoisotopic (exact) mass is 390 g/mol. The van der Waals surface area contributed by atoms with Crippen molar-refractivity contribution in [2.75, 3.05) is 7.11 Å². The predicted octanol–water partition coefficient (Wildman–Crippen LogP) is 4.01. The number of hydrogen-bond donors (Lipinski definition) is 2. The molecule has 0 saturated carbocycles. The maximum absolute atomic E-state index is 10.8. The molecule has 0 atom stereocenters. The van der Waals surface area contributed by atoms with E-state index >= 15 is 0 Å². The molecule has 1 aromatic carbocycles. The number of aryl methyl sites for hydroxylation is 1. The quantitative estimate of drug-likeness (QED) is 0.639. The number of carbonyl (C=O) groups is 1. The van der Waals surface area contributed by atoms with E-state index in [-0.39, 0.29) is 11.8 Å². The molecule has 2 heterocycles. The number of aromatic nitrogens is 3. The molecule has 0 aliphatic carbocycles. The van der Waals surface area contributed by atoms with Crippen LogP contribution in [-0.2, 0) is 6.54 Å². The third-order valence-corrected chi connectivity index (χ3v) is 4.74. The van der Waals surface area contributed by atoms with Crippen molar-refractivity contribution < 1.29 is 14.6 Å². The second-order valence-corrected chi connectivity index (χ2v) is 6.82. The highest BCUT2D eigenvalue weighted by atomic mass is 35.5. The van der Waals surface area contributed by atoms with Gasteiger partial charge >= 0.3 is 6.09 Å². The normalized spacial score (nSPS) is 10.6. The van der Waals surface area contributed by atoms with Gasteiger partial charge in [0.15, 0.2) is 0 Å². The molecule has 0 saturated heterocycles. The maximum Gasteiger partial charge on any atom is 0.405 e. The Balaban J connectivity index is 2.13. The van der Waals surface area contributed by atoms with E-state index in [4.69, 9.17) is 21.4 Å². The van der Waals surface area contributed by atoms with Gasteiger partial charge in [-0.05, 0) is 48.4 Å². The molecule has 0 radical (unpaired) electrons. The molecule has 0 aliphatic heterocycles. The van der Waals surface area contributed by atoms with E-state index in [1.807, 2.05) is 25.1 Å². The lowest BCUT2D eigenvalue weighted by Crippen LogP contribution is -2.19. The first-order chi connectivity index (χ1) is 12.5. The van der Waals surface area contributed by atoms with Gasteiger partial charge in [-0.15, -0.1) is 11.3 Å². The molecule has 2 aromatic heterocycles. The van der Waals surface area contributed by atoms with Gasteiger partial charge in [0, 0.05) is 11.8 Å². The number of ether oxygens (including phenoxy) is 1. The zero-order valence-corrected chi connectivity index (χ0v) is 15.6. The summed E-state index contributed by atoms with van der Waals surface area (Å²) in [5.41, 5.74) is 3.18. The Kier molecular flexibility index (Phi) is 5.34. The van der Waals surface area contributed by atoms with E-state index in [2.05, 4.69) is 20.3 Å². The number of carboxylic acid groups (broad SMARTS) is 1. The molecule has 0 aliphatic rings. The Bertz CT molecular complexity index is 961. The van der Waals surface area contributed by atoms with E-state index in [0.717, 1.165) is 16.0 Å². The lowest BCUT2D eigenvalue weighted by Gasteiger charge is -2.07. The van der Waals surface area contributed by atoms with Gasteiger partial charge in [-0.1, -0.05) is 0 Å². The molecule has 2 N–H and O–H groups in total. The van der Waals surface area contributed by atoms with Gasteiger partial charge in [0.1, 0.15) is 10.8 Å². The SMILES string of the molecule is COc1cc(C)cc(-c2nc(CNC(=O)O)sc2-c2ccnc(Cl)n2)c1. The molecule has 26 heavy (non-hydrogen) atoms. The van der Waals surface area contributed by atoms with Crippen molar-refractivity contribution in [3.05, 3.63) is 46.3 Å². The Morgan fingerprint density at radius 1 is 1.35 bits per heavy atom. The van der Waals surface area contributed by atoms with Crippen LogP contribution in [0.25, 0.3) is 21.8 Å². The van der Waals surface area contributed by atoms with Crippen molar-refractivity contribution in [1.29, 1.82) is 0 Å². The number of thiazole rings is 1. The average Bonchev–Trinajstić information content (AvgIpc) is 3.04. The fourth-order valence-electron chi connectivity index (χ4n) is 2.42. The van der Waals surface area contributed by atoms with Crippen LogP contribution in [0.1, 0.15) is 10.6 Å². The van der Waals surface area contributed by atoms with Crippen LogP contribution in [0.3, 0.4) is 0 Å².